The largest absolute Gasteiger partial charge is 0.491 e. The maximum atomic E-state index is 5.95. The fraction of sp³-hybridized carbons (Fsp3) is 0.600. The molecule has 0 amide bonds. The van der Waals surface area contributed by atoms with Crippen molar-refractivity contribution in [3.63, 3.8) is 0 Å². The Hall–Kier alpha value is -1.38. The summed E-state index contributed by atoms with van der Waals surface area (Å²) in [7, 11) is 0. The van der Waals surface area contributed by atoms with Gasteiger partial charge in [0.15, 0.2) is 0 Å². The van der Waals surface area contributed by atoms with Crippen molar-refractivity contribution in [1.82, 2.24) is 0 Å². The van der Waals surface area contributed by atoms with Crippen molar-refractivity contribution in [1.29, 1.82) is 0 Å². The van der Waals surface area contributed by atoms with Crippen molar-refractivity contribution in [2.24, 2.45) is 0 Å². The number of hydrogen-bond donors (Lipinski definition) is 1. The molecule has 3 heteroatoms. The number of ether oxygens (including phenoxy) is 1. The van der Waals surface area contributed by atoms with Crippen LogP contribution in [0.3, 0.4) is 0 Å². The minimum atomic E-state index is 0.172. The summed E-state index contributed by atoms with van der Waals surface area (Å²) >= 11 is 0. The monoisotopic (exact) mass is 250 g/mol. The lowest BCUT2D eigenvalue weighted by Crippen LogP contribution is -2.24. The van der Waals surface area contributed by atoms with Crippen LogP contribution in [0.4, 0.5) is 11.4 Å². The van der Waals surface area contributed by atoms with Gasteiger partial charge in [0.25, 0.3) is 0 Å². The van der Waals surface area contributed by atoms with E-state index in [1.165, 1.54) is 12.8 Å². The first-order chi connectivity index (χ1) is 8.56. The highest BCUT2D eigenvalue weighted by Gasteiger charge is 2.07. The van der Waals surface area contributed by atoms with Crippen molar-refractivity contribution < 1.29 is 4.74 Å². The molecule has 0 radical (unpaired) electrons. The Morgan fingerprint density at radius 2 is 1.94 bits per heavy atom. The minimum absolute atomic E-state index is 0.172. The van der Waals surface area contributed by atoms with Gasteiger partial charge < -0.3 is 15.4 Å². The van der Waals surface area contributed by atoms with E-state index in [0.29, 0.717) is 0 Å². The highest BCUT2D eigenvalue weighted by Crippen LogP contribution is 2.26. The molecule has 3 nitrogen and oxygen atoms in total. The van der Waals surface area contributed by atoms with E-state index in [1.54, 1.807) is 0 Å². The van der Waals surface area contributed by atoms with E-state index in [9.17, 15) is 0 Å². The summed E-state index contributed by atoms with van der Waals surface area (Å²) in [6, 6.07) is 5.99. The molecule has 102 valence electrons. The summed E-state index contributed by atoms with van der Waals surface area (Å²) in [5.74, 6) is 0.856. The van der Waals surface area contributed by atoms with Gasteiger partial charge in [0, 0.05) is 36.6 Å². The molecule has 2 N–H and O–H groups in total. The van der Waals surface area contributed by atoms with Gasteiger partial charge in [-0.05, 0) is 33.3 Å². The van der Waals surface area contributed by atoms with E-state index < -0.39 is 0 Å². The molecule has 18 heavy (non-hydrogen) atoms. The van der Waals surface area contributed by atoms with Gasteiger partial charge in [-0.2, -0.15) is 0 Å². The van der Waals surface area contributed by atoms with Gasteiger partial charge in [-0.15, -0.1) is 0 Å². The van der Waals surface area contributed by atoms with Gasteiger partial charge >= 0.3 is 0 Å². The maximum absolute atomic E-state index is 5.95. The van der Waals surface area contributed by atoms with Crippen LogP contribution in [0.15, 0.2) is 18.2 Å². The molecule has 0 atom stereocenters. The summed E-state index contributed by atoms with van der Waals surface area (Å²) in [6.07, 6.45) is 2.57. The third-order valence-electron chi connectivity index (χ3n) is 2.81. The summed E-state index contributed by atoms with van der Waals surface area (Å²) in [5.41, 5.74) is 7.87. The van der Waals surface area contributed by atoms with Crippen LogP contribution in [0.2, 0.25) is 0 Å². The molecule has 0 bridgehead atoms. The average Bonchev–Trinajstić information content (AvgIpc) is 2.28. The number of unbranched alkanes of at least 4 members (excludes halogenated alkanes) is 1. The van der Waals surface area contributed by atoms with E-state index in [2.05, 4.69) is 24.8 Å². The van der Waals surface area contributed by atoms with Crippen LogP contribution >= 0.6 is 0 Å². The fourth-order valence-electron chi connectivity index (χ4n) is 1.95. The SMILES string of the molecule is CCCCN(CC)c1cc(N)cc(OC(C)C)c1. The molecule has 0 aliphatic heterocycles. The Morgan fingerprint density at radius 3 is 2.50 bits per heavy atom. The van der Waals surface area contributed by atoms with E-state index in [4.69, 9.17) is 10.5 Å². The Bertz CT molecular complexity index is 364. The molecule has 0 aliphatic carbocycles. The van der Waals surface area contributed by atoms with Crippen LogP contribution in [0, 0.1) is 0 Å². The topological polar surface area (TPSA) is 38.5 Å². The number of anilines is 2. The quantitative estimate of drug-likeness (QED) is 0.750. The van der Waals surface area contributed by atoms with Crippen LogP contribution in [-0.2, 0) is 0 Å². The second-order valence-corrected chi connectivity index (χ2v) is 4.86. The zero-order valence-corrected chi connectivity index (χ0v) is 12.1. The second kappa shape index (κ2) is 7.14. The lowest BCUT2D eigenvalue weighted by molar-refractivity contribution is 0.242. The van der Waals surface area contributed by atoms with Gasteiger partial charge in [0.1, 0.15) is 5.75 Å². The third kappa shape index (κ3) is 4.47. The van der Waals surface area contributed by atoms with Crippen molar-refractivity contribution >= 4 is 11.4 Å². The highest BCUT2D eigenvalue weighted by atomic mass is 16.5. The van der Waals surface area contributed by atoms with Gasteiger partial charge in [-0.25, -0.2) is 0 Å². The van der Waals surface area contributed by atoms with Crippen LogP contribution in [0.5, 0.6) is 5.75 Å². The average molecular weight is 250 g/mol. The molecule has 0 fully saturated rings. The maximum Gasteiger partial charge on any atom is 0.123 e. The Kier molecular flexibility index (Phi) is 5.83. The molecular formula is C15H26N2O. The molecule has 0 aromatic heterocycles. The normalized spacial score (nSPS) is 10.7. The third-order valence-corrected chi connectivity index (χ3v) is 2.81. The van der Waals surface area contributed by atoms with Crippen molar-refractivity contribution in [2.75, 3.05) is 23.7 Å². The van der Waals surface area contributed by atoms with Gasteiger partial charge in [-0.1, -0.05) is 13.3 Å². The predicted octanol–water partition coefficient (Wildman–Crippen LogP) is 3.68. The van der Waals surface area contributed by atoms with E-state index in [1.807, 2.05) is 26.0 Å². The number of benzene rings is 1. The Balaban J connectivity index is 2.88. The van der Waals surface area contributed by atoms with Crippen LogP contribution in [-0.4, -0.2) is 19.2 Å². The smallest absolute Gasteiger partial charge is 0.123 e. The fourth-order valence-corrected chi connectivity index (χ4v) is 1.95. The predicted molar refractivity (Wildman–Crippen MR) is 79.4 cm³/mol. The number of nitrogens with two attached hydrogens (primary N) is 1. The molecule has 1 aromatic rings. The second-order valence-electron chi connectivity index (χ2n) is 4.86. The van der Waals surface area contributed by atoms with Crippen LogP contribution in [0.25, 0.3) is 0 Å². The van der Waals surface area contributed by atoms with Crippen molar-refractivity contribution in [3.8, 4) is 5.75 Å². The van der Waals surface area contributed by atoms with E-state index in [0.717, 1.165) is 30.2 Å². The van der Waals surface area contributed by atoms with Crippen LogP contribution in [0.1, 0.15) is 40.5 Å². The standard InChI is InChI=1S/C15H26N2O/c1-5-7-8-17(6-2)14-9-13(16)10-15(11-14)18-12(3)4/h9-12H,5-8,16H2,1-4H3. The first kappa shape index (κ1) is 14.7. The molecule has 1 rings (SSSR count). The zero-order valence-electron chi connectivity index (χ0n) is 12.1. The molecule has 0 spiro atoms. The zero-order chi connectivity index (χ0) is 13.5. The molecule has 1 aromatic carbocycles. The Labute approximate surface area is 111 Å². The molecule has 0 heterocycles. The summed E-state index contributed by atoms with van der Waals surface area (Å²) in [4.78, 5) is 2.34. The summed E-state index contributed by atoms with van der Waals surface area (Å²) < 4.78 is 5.73. The first-order valence-corrected chi connectivity index (χ1v) is 6.89. The minimum Gasteiger partial charge on any atom is -0.491 e. The lowest BCUT2D eigenvalue weighted by Gasteiger charge is -2.24. The lowest BCUT2D eigenvalue weighted by atomic mass is 10.2. The van der Waals surface area contributed by atoms with E-state index >= 15 is 0 Å². The number of nitrogen functional groups attached to an aromatic ring is 1. The van der Waals surface area contributed by atoms with Gasteiger partial charge in [0.2, 0.25) is 0 Å². The number of hydrogen-bond acceptors (Lipinski definition) is 3. The molecule has 0 saturated carbocycles. The molecule has 0 saturated heterocycles. The van der Waals surface area contributed by atoms with E-state index in [-0.39, 0.29) is 6.10 Å². The van der Waals surface area contributed by atoms with Gasteiger partial charge in [0.05, 0.1) is 6.10 Å². The van der Waals surface area contributed by atoms with Crippen molar-refractivity contribution in [3.05, 3.63) is 18.2 Å². The summed E-state index contributed by atoms with van der Waals surface area (Å²) in [6.45, 7) is 10.5. The molecule has 0 unspecified atom stereocenters. The highest BCUT2D eigenvalue weighted by molar-refractivity contribution is 5.60. The summed E-state index contributed by atoms with van der Waals surface area (Å²) in [5, 5.41) is 0. The number of nitrogens with zero attached hydrogens (tertiary/aromatic N) is 1. The molecule has 0 aliphatic rings. The van der Waals surface area contributed by atoms with Crippen LogP contribution < -0.4 is 15.4 Å². The Morgan fingerprint density at radius 1 is 1.22 bits per heavy atom. The number of rotatable bonds is 7. The van der Waals surface area contributed by atoms with Gasteiger partial charge in [-0.3, -0.25) is 0 Å². The van der Waals surface area contributed by atoms with Crippen molar-refractivity contribution in [2.45, 2.75) is 46.6 Å². The molecular weight excluding hydrogens is 224 g/mol. The first-order valence-electron chi connectivity index (χ1n) is 6.89.